The Labute approximate surface area is 165 Å². The van der Waals surface area contributed by atoms with Gasteiger partial charge in [-0.3, -0.25) is 4.79 Å². The average molecular weight is 407 g/mol. The molecule has 0 aliphatic heterocycles. The molecule has 1 amide bonds. The second-order valence-electron chi connectivity index (χ2n) is 5.54. The number of hydrogen-bond acceptors (Lipinski definition) is 5. The SMILES string of the molecule is CCOc1ccc2nc(NC(=O)CCCSc3ccc(Cl)cc3)sc2c1. The zero-order chi connectivity index (χ0) is 18.4. The van der Waals surface area contributed by atoms with Crippen LogP contribution in [-0.2, 0) is 4.79 Å². The Morgan fingerprint density at radius 3 is 2.85 bits per heavy atom. The molecule has 4 nitrogen and oxygen atoms in total. The van der Waals surface area contributed by atoms with Gasteiger partial charge in [-0.25, -0.2) is 4.98 Å². The second-order valence-corrected chi connectivity index (χ2v) is 8.17. The van der Waals surface area contributed by atoms with Crippen molar-refractivity contribution in [1.82, 2.24) is 4.98 Å². The molecule has 0 saturated carbocycles. The van der Waals surface area contributed by atoms with Crippen LogP contribution < -0.4 is 10.1 Å². The average Bonchev–Trinajstić information content (AvgIpc) is 3.02. The molecule has 0 fully saturated rings. The van der Waals surface area contributed by atoms with Gasteiger partial charge in [-0.1, -0.05) is 22.9 Å². The number of anilines is 1. The number of carbonyl (C=O) groups excluding carboxylic acids is 1. The first-order chi connectivity index (χ1) is 12.6. The molecule has 1 heterocycles. The predicted molar refractivity (Wildman–Crippen MR) is 111 cm³/mol. The first-order valence-corrected chi connectivity index (χ1v) is 10.5. The summed E-state index contributed by atoms with van der Waals surface area (Å²) in [6.45, 7) is 2.58. The van der Waals surface area contributed by atoms with Crippen LogP contribution in [0.5, 0.6) is 5.75 Å². The molecule has 26 heavy (non-hydrogen) atoms. The van der Waals surface area contributed by atoms with Crippen LogP contribution in [0.15, 0.2) is 47.4 Å². The molecule has 7 heteroatoms. The molecular weight excluding hydrogens is 388 g/mol. The third-order valence-electron chi connectivity index (χ3n) is 3.55. The van der Waals surface area contributed by atoms with E-state index in [0.717, 1.165) is 38.1 Å². The third kappa shape index (κ3) is 5.37. The molecule has 0 saturated heterocycles. The summed E-state index contributed by atoms with van der Waals surface area (Å²) in [4.78, 5) is 17.7. The van der Waals surface area contributed by atoms with Gasteiger partial charge in [0.05, 0.1) is 16.8 Å². The van der Waals surface area contributed by atoms with Gasteiger partial charge < -0.3 is 10.1 Å². The Bertz CT molecular complexity index is 881. The maximum Gasteiger partial charge on any atom is 0.226 e. The highest BCUT2D eigenvalue weighted by atomic mass is 35.5. The molecule has 0 unspecified atom stereocenters. The van der Waals surface area contributed by atoms with Gasteiger partial charge in [-0.05, 0) is 61.6 Å². The number of fused-ring (bicyclic) bond motifs is 1. The van der Waals surface area contributed by atoms with Crippen molar-refractivity contribution >= 4 is 56.0 Å². The summed E-state index contributed by atoms with van der Waals surface area (Å²) in [6, 6.07) is 13.5. The molecular formula is C19H19ClN2O2S2. The summed E-state index contributed by atoms with van der Waals surface area (Å²) < 4.78 is 6.50. The van der Waals surface area contributed by atoms with Gasteiger partial charge in [0.15, 0.2) is 5.13 Å². The van der Waals surface area contributed by atoms with Crippen LogP contribution in [0, 0.1) is 0 Å². The first-order valence-electron chi connectivity index (χ1n) is 8.35. The molecule has 0 aliphatic rings. The van der Waals surface area contributed by atoms with Crippen LogP contribution in [0.4, 0.5) is 5.13 Å². The van der Waals surface area contributed by atoms with Crippen LogP contribution in [-0.4, -0.2) is 23.3 Å². The Morgan fingerprint density at radius 1 is 1.27 bits per heavy atom. The number of thioether (sulfide) groups is 1. The van der Waals surface area contributed by atoms with Gasteiger partial charge in [0.25, 0.3) is 0 Å². The van der Waals surface area contributed by atoms with E-state index in [4.69, 9.17) is 16.3 Å². The van der Waals surface area contributed by atoms with Crippen LogP contribution in [0.25, 0.3) is 10.2 Å². The molecule has 0 aliphatic carbocycles. The van der Waals surface area contributed by atoms with E-state index in [-0.39, 0.29) is 5.91 Å². The van der Waals surface area contributed by atoms with E-state index in [0.29, 0.717) is 18.2 Å². The number of hydrogen-bond donors (Lipinski definition) is 1. The smallest absolute Gasteiger partial charge is 0.226 e. The highest BCUT2D eigenvalue weighted by molar-refractivity contribution is 7.99. The lowest BCUT2D eigenvalue weighted by Gasteiger charge is -2.02. The molecule has 1 aromatic heterocycles. The minimum atomic E-state index is -0.00852. The van der Waals surface area contributed by atoms with Gasteiger partial charge in [0, 0.05) is 16.3 Å². The third-order valence-corrected chi connectivity index (χ3v) is 5.83. The van der Waals surface area contributed by atoms with Crippen molar-refractivity contribution in [2.24, 2.45) is 0 Å². The van der Waals surface area contributed by atoms with Crippen molar-refractivity contribution in [3.8, 4) is 5.75 Å². The number of ether oxygens (including phenoxy) is 1. The lowest BCUT2D eigenvalue weighted by molar-refractivity contribution is -0.116. The highest BCUT2D eigenvalue weighted by Crippen LogP contribution is 2.29. The number of nitrogens with zero attached hydrogens (tertiary/aromatic N) is 1. The fraction of sp³-hybridized carbons (Fsp3) is 0.263. The molecule has 3 aromatic rings. The van der Waals surface area contributed by atoms with E-state index in [1.54, 1.807) is 11.8 Å². The lowest BCUT2D eigenvalue weighted by Crippen LogP contribution is -2.11. The molecule has 0 atom stereocenters. The Hall–Kier alpha value is -1.76. The lowest BCUT2D eigenvalue weighted by atomic mass is 10.3. The van der Waals surface area contributed by atoms with Gasteiger partial charge in [0.2, 0.25) is 5.91 Å². The number of amides is 1. The summed E-state index contributed by atoms with van der Waals surface area (Å²) in [5.41, 5.74) is 0.868. The van der Waals surface area contributed by atoms with Crippen molar-refractivity contribution in [3.63, 3.8) is 0 Å². The van der Waals surface area contributed by atoms with E-state index in [1.807, 2.05) is 49.4 Å². The molecule has 3 rings (SSSR count). The number of thiazole rings is 1. The van der Waals surface area contributed by atoms with Crippen molar-refractivity contribution in [3.05, 3.63) is 47.5 Å². The minimum Gasteiger partial charge on any atom is -0.494 e. The minimum absolute atomic E-state index is 0.00852. The fourth-order valence-corrected chi connectivity index (χ4v) is 4.24. The molecule has 136 valence electrons. The molecule has 2 aromatic carbocycles. The van der Waals surface area contributed by atoms with Crippen molar-refractivity contribution in [2.75, 3.05) is 17.7 Å². The number of halogens is 1. The Kier molecular flexibility index (Phi) is 6.77. The van der Waals surface area contributed by atoms with Gasteiger partial charge >= 0.3 is 0 Å². The number of carbonyl (C=O) groups is 1. The normalized spacial score (nSPS) is 10.8. The van der Waals surface area contributed by atoms with Crippen molar-refractivity contribution < 1.29 is 9.53 Å². The number of aromatic nitrogens is 1. The summed E-state index contributed by atoms with van der Waals surface area (Å²) in [7, 11) is 0. The number of nitrogens with one attached hydrogen (secondary N) is 1. The first kappa shape index (κ1) is 19.0. The largest absolute Gasteiger partial charge is 0.494 e. The molecule has 0 spiro atoms. The van der Waals surface area contributed by atoms with Crippen LogP contribution in [0.3, 0.4) is 0 Å². The van der Waals surface area contributed by atoms with Gasteiger partial charge in [-0.2, -0.15) is 0 Å². The van der Waals surface area contributed by atoms with E-state index >= 15 is 0 Å². The summed E-state index contributed by atoms with van der Waals surface area (Å²) in [6.07, 6.45) is 1.28. The zero-order valence-electron chi connectivity index (χ0n) is 14.3. The second kappa shape index (κ2) is 9.26. The number of rotatable bonds is 8. The summed E-state index contributed by atoms with van der Waals surface area (Å²) in [5.74, 6) is 1.69. The van der Waals surface area contributed by atoms with Crippen molar-refractivity contribution in [2.45, 2.75) is 24.7 Å². The van der Waals surface area contributed by atoms with Gasteiger partial charge in [0.1, 0.15) is 5.75 Å². The quantitative estimate of drug-likeness (QED) is 0.376. The van der Waals surface area contributed by atoms with Crippen LogP contribution in [0.1, 0.15) is 19.8 Å². The zero-order valence-corrected chi connectivity index (χ0v) is 16.7. The Morgan fingerprint density at radius 2 is 2.08 bits per heavy atom. The van der Waals surface area contributed by atoms with Crippen LogP contribution in [0.2, 0.25) is 5.02 Å². The summed E-state index contributed by atoms with van der Waals surface area (Å²) in [5, 5.41) is 4.25. The van der Waals surface area contributed by atoms with E-state index in [9.17, 15) is 4.79 Å². The fourth-order valence-electron chi connectivity index (χ4n) is 2.35. The van der Waals surface area contributed by atoms with E-state index < -0.39 is 0 Å². The van der Waals surface area contributed by atoms with E-state index in [1.165, 1.54) is 11.3 Å². The molecule has 0 bridgehead atoms. The van der Waals surface area contributed by atoms with Crippen LogP contribution >= 0.6 is 34.7 Å². The van der Waals surface area contributed by atoms with Gasteiger partial charge in [-0.15, -0.1) is 11.8 Å². The highest BCUT2D eigenvalue weighted by Gasteiger charge is 2.09. The predicted octanol–water partition coefficient (Wildman–Crippen LogP) is 5.86. The monoisotopic (exact) mass is 406 g/mol. The molecule has 0 radical (unpaired) electrons. The maximum atomic E-state index is 12.1. The Balaban J connectivity index is 1.46. The maximum absolute atomic E-state index is 12.1. The topological polar surface area (TPSA) is 51.2 Å². The molecule has 1 N–H and O–H groups in total. The standard InChI is InChI=1S/C19H19ClN2O2S2/c1-2-24-14-7-10-16-17(12-14)26-19(21-16)22-18(23)4-3-11-25-15-8-5-13(20)6-9-15/h5-10,12H,2-4,11H2,1H3,(H,21,22,23). The van der Waals surface area contributed by atoms with Crippen molar-refractivity contribution in [1.29, 1.82) is 0 Å². The summed E-state index contributed by atoms with van der Waals surface area (Å²) >= 11 is 9.06. The van der Waals surface area contributed by atoms with E-state index in [2.05, 4.69) is 10.3 Å². The number of benzene rings is 2.